The first-order valence-corrected chi connectivity index (χ1v) is 1.74. The van der Waals surface area contributed by atoms with E-state index in [1.165, 1.54) is 6.26 Å². The van der Waals surface area contributed by atoms with Gasteiger partial charge in [0.05, 0.1) is 0 Å². The van der Waals surface area contributed by atoms with E-state index in [2.05, 4.69) is 15.6 Å². The summed E-state index contributed by atoms with van der Waals surface area (Å²) in [6.45, 7) is 0. The summed E-state index contributed by atoms with van der Waals surface area (Å²) in [5.41, 5.74) is 0. The van der Waals surface area contributed by atoms with Crippen LogP contribution in [0.1, 0.15) is 0 Å². The molecule has 0 bridgehead atoms. The summed E-state index contributed by atoms with van der Waals surface area (Å²) in [7, 11) is 0. The zero-order valence-electron chi connectivity index (χ0n) is 2.81. The van der Waals surface area contributed by atoms with Crippen molar-refractivity contribution in [3.63, 3.8) is 0 Å². The Bertz CT molecular complexity index is 114. The molecule has 0 aliphatic heterocycles. The molecule has 3 heteroatoms. The Morgan fingerprint density at radius 1 is 2.00 bits per heavy atom. The molecule has 2 nitrogen and oxygen atoms in total. The highest BCUT2D eigenvalue weighted by Crippen LogP contribution is 1.98. The first-order chi connectivity index (χ1) is 2.89. The number of nitrogens with zero attached hydrogens (tertiary/aromatic N) is 1. The third kappa shape index (κ3) is 0.518. The average molecular weight is 102 g/mol. The number of halogens is 1. The van der Waals surface area contributed by atoms with Crippen molar-refractivity contribution in [3.8, 4) is 0 Å². The molecule has 1 aromatic rings. The molecule has 0 spiro atoms. The van der Waals surface area contributed by atoms with Crippen LogP contribution in [0.25, 0.3) is 0 Å². The van der Waals surface area contributed by atoms with E-state index in [1.807, 2.05) is 0 Å². The second-order valence-electron chi connectivity index (χ2n) is 0.730. The van der Waals surface area contributed by atoms with Crippen LogP contribution in [-0.4, -0.2) is 4.98 Å². The van der Waals surface area contributed by atoms with E-state index < -0.39 is 0 Å². The van der Waals surface area contributed by atoms with Crippen molar-refractivity contribution < 1.29 is 4.42 Å². The van der Waals surface area contributed by atoms with Crippen molar-refractivity contribution in [3.05, 3.63) is 17.8 Å². The van der Waals surface area contributed by atoms with E-state index in [-0.39, 0.29) is 5.35 Å². The predicted octanol–water partition coefficient (Wildman–Crippen LogP) is 1.13. The van der Waals surface area contributed by atoms with Crippen LogP contribution in [-0.2, 0) is 0 Å². The summed E-state index contributed by atoms with van der Waals surface area (Å²) in [6.07, 6.45) is 3.67. The van der Waals surface area contributed by atoms with Crippen molar-refractivity contribution in [2.24, 2.45) is 0 Å². The van der Waals surface area contributed by atoms with Crippen LogP contribution < -0.4 is 0 Å². The van der Waals surface area contributed by atoms with Crippen LogP contribution in [0.15, 0.2) is 10.7 Å². The van der Waals surface area contributed by atoms with Crippen LogP contribution in [0.4, 0.5) is 0 Å². The van der Waals surface area contributed by atoms with Crippen LogP contribution >= 0.6 is 11.6 Å². The number of oxazole rings is 1. The van der Waals surface area contributed by atoms with Crippen molar-refractivity contribution in [2.45, 2.75) is 0 Å². The molecule has 0 aliphatic rings. The smallest absolute Gasteiger partial charge is 0.292 e. The van der Waals surface area contributed by atoms with Gasteiger partial charge >= 0.3 is 0 Å². The molecule has 1 aromatic heterocycles. The lowest BCUT2D eigenvalue weighted by Gasteiger charge is -1.63. The minimum Gasteiger partial charge on any atom is -0.435 e. The molecule has 0 saturated heterocycles. The Labute approximate surface area is 39.7 Å². The third-order valence-corrected chi connectivity index (χ3v) is 0.535. The lowest BCUT2D eigenvalue weighted by molar-refractivity contribution is 0.560. The monoisotopic (exact) mass is 102 g/mol. The molecular formula is C3HClNO. The number of aromatic nitrogens is 1. The maximum absolute atomic E-state index is 5.15. The lowest BCUT2D eigenvalue weighted by atomic mass is 11.0. The first kappa shape index (κ1) is 3.68. The molecule has 0 N–H and O–H groups in total. The summed E-state index contributed by atoms with van der Waals surface area (Å²) >= 11 is 5.15. The molecule has 0 fully saturated rings. The minimum atomic E-state index is 0.134. The molecule has 0 aromatic carbocycles. The highest BCUT2D eigenvalue weighted by atomic mass is 35.5. The SMILES string of the molecule is Clc1n[c]co1. The Hall–Kier alpha value is -0.500. The fraction of sp³-hybridized carbons (Fsp3) is 0. The minimum absolute atomic E-state index is 0.134. The van der Waals surface area contributed by atoms with Gasteiger partial charge in [-0.15, -0.1) is 0 Å². The largest absolute Gasteiger partial charge is 0.435 e. The van der Waals surface area contributed by atoms with E-state index in [0.717, 1.165) is 0 Å². The van der Waals surface area contributed by atoms with Crippen molar-refractivity contribution in [1.29, 1.82) is 0 Å². The van der Waals surface area contributed by atoms with E-state index in [1.54, 1.807) is 0 Å². The van der Waals surface area contributed by atoms with Gasteiger partial charge in [0.25, 0.3) is 5.35 Å². The average Bonchev–Trinajstić information content (AvgIpc) is 1.86. The molecule has 0 amide bonds. The summed E-state index contributed by atoms with van der Waals surface area (Å²) < 4.78 is 4.43. The number of hydrogen-bond acceptors (Lipinski definition) is 2. The number of rotatable bonds is 0. The first-order valence-electron chi connectivity index (χ1n) is 1.36. The quantitative estimate of drug-likeness (QED) is 0.491. The van der Waals surface area contributed by atoms with Gasteiger partial charge in [-0.25, -0.2) is 0 Å². The number of hydrogen-bond donors (Lipinski definition) is 0. The summed E-state index contributed by atoms with van der Waals surface area (Å²) in [4.78, 5) is 3.39. The van der Waals surface area contributed by atoms with Gasteiger partial charge in [0.15, 0.2) is 0 Å². The highest BCUT2D eigenvalue weighted by molar-refractivity contribution is 6.27. The highest BCUT2D eigenvalue weighted by Gasteiger charge is 1.82. The van der Waals surface area contributed by atoms with Crippen molar-refractivity contribution >= 4 is 11.6 Å². The molecule has 0 atom stereocenters. The second-order valence-corrected chi connectivity index (χ2v) is 1.05. The molecule has 0 aliphatic carbocycles. The van der Waals surface area contributed by atoms with Gasteiger partial charge in [-0.3, -0.25) is 0 Å². The van der Waals surface area contributed by atoms with E-state index in [0.29, 0.717) is 0 Å². The zero-order chi connectivity index (χ0) is 4.41. The fourth-order valence-electron chi connectivity index (χ4n) is 0.178. The molecule has 6 heavy (non-hydrogen) atoms. The van der Waals surface area contributed by atoms with Gasteiger partial charge in [-0.2, -0.15) is 4.98 Å². The van der Waals surface area contributed by atoms with E-state index >= 15 is 0 Å². The molecule has 1 heterocycles. The molecular weight excluding hydrogens is 101 g/mol. The summed E-state index contributed by atoms with van der Waals surface area (Å²) in [6, 6.07) is 0. The molecule has 1 rings (SSSR count). The maximum atomic E-state index is 5.15. The van der Waals surface area contributed by atoms with Gasteiger partial charge in [0.1, 0.15) is 12.5 Å². The Balaban J connectivity index is 3.05. The Morgan fingerprint density at radius 3 is 3.00 bits per heavy atom. The van der Waals surface area contributed by atoms with Crippen LogP contribution in [0, 0.1) is 6.20 Å². The van der Waals surface area contributed by atoms with Gasteiger partial charge in [0.2, 0.25) is 0 Å². The van der Waals surface area contributed by atoms with Crippen molar-refractivity contribution in [2.75, 3.05) is 0 Å². The van der Waals surface area contributed by atoms with Crippen molar-refractivity contribution in [1.82, 2.24) is 4.98 Å². The van der Waals surface area contributed by atoms with Crippen LogP contribution in [0.2, 0.25) is 5.35 Å². The zero-order valence-corrected chi connectivity index (χ0v) is 3.57. The predicted molar refractivity (Wildman–Crippen MR) is 20.3 cm³/mol. The van der Waals surface area contributed by atoms with Gasteiger partial charge in [0, 0.05) is 0 Å². The molecule has 31 valence electrons. The summed E-state index contributed by atoms with van der Waals surface area (Å²) in [5.74, 6) is 0. The van der Waals surface area contributed by atoms with Gasteiger partial charge in [-0.1, -0.05) is 0 Å². The topological polar surface area (TPSA) is 26.0 Å². The van der Waals surface area contributed by atoms with Gasteiger partial charge < -0.3 is 4.42 Å². The van der Waals surface area contributed by atoms with Crippen LogP contribution in [0.3, 0.4) is 0 Å². The van der Waals surface area contributed by atoms with Gasteiger partial charge in [-0.05, 0) is 11.6 Å². The Kier molecular flexibility index (Phi) is 0.801. The molecule has 0 saturated carbocycles. The lowest BCUT2D eigenvalue weighted by Crippen LogP contribution is -1.50. The van der Waals surface area contributed by atoms with Crippen LogP contribution in [0.5, 0.6) is 0 Å². The molecule has 0 unspecified atom stereocenters. The fourth-order valence-corrected chi connectivity index (χ4v) is 0.272. The van der Waals surface area contributed by atoms with E-state index in [9.17, 15) is 0 Å². The Morgan fingerprint density at radius 2 is 2.83 bits per heavy atom. The standard InChI is InChI=1S/C3HClNO/c4-3-5-1-2-6-3/h2H. The normalized spacial score (nSPS) is 8.83. The molecule has 1 radical (unpaired) electrons. The second kappa shape index (κ2) is 1.30. The van der Waals surface area contributed by atoms with E-state index in [4.69, 9.17) is 11.6 Å². The summed E-state index contributed by atoms with van der Waals surface area (Å²) in [5, 5.41) is 0.134. The maximum Gasteiger partial charge on any atom is 0.292 e. The third-order valence-electron chi connectivity index (χ3n) is 0.361.